The Morgan fingerprint density at radius 3 is 2.39 bits per heavy atom. The SMILES string of the molecule is COC(=O)[C@H](CCO[P+](=O)C(O)c1cc([N+](=O)[O-])cc([N+](=O)[O-])c1O)NC(=O)OCc1ccccc1. The summed E-state index contributed by atoms with van der Waals surface area (Å²) in [4.78, 5) is 43.9. The van der Waals surface area contributed by atoms with Crippen LogP contribution in [-0.4, -0.2) is 51.9 Å². The number of methoxy groups -OCH3 is 1. The molecule has 0 aliphatic heterocycles. The zero-order chi connectivity index (χ0) is 26.8. The largest absolute Gasteiger partial charge is 0.545 e. The van der Waals surface area contributed by atoms with Crippen molar-refractivity contribution in [1.82, 2.24) is 5.32 Å². The van der Waals surface area contributed by atoms with Crippen molar-refractivity contribution in [2.45, 2.75) is 24.9 Å². The number of rotatable bonds is 12. The number of hydrogen-bond donors (Lipinski definition) is 3. The number of ether oxygens (including phenoxy) is 2. The molecule has 0 aliphatic carbocycles. The lowest BCUT2D eigenvalue weighted by molar-refractivity contribution is -0.394. The fourth-order valence-electron chi connectivity index (χ4n) is 2.81. The van der Waals surface area contributed by atoms with E-state index < -0.39 is 71.1 Å². The molecule has 36 heavy (non-hydrogen) atoms. The number of aromatic hydroxyl groups is 1. The molecule has 2 aromatic carbocycles. The average Bonchev–Trinajstić information content (AvgIpc) is 2.86. The number of aliphatic hydroxyl groups excluding tert-OH is 1. The molecule has 2 unspecified atom stereocenters. The highest BCUT2D eigenvalue weighted by molar-refractivity contribution is 7.39. The number of aliphatic hydroxyl groups is 1. The predicted molar refractivity (Wildman–Crippen MR) is 120 cm³/mol. The highest BCUT2D eigenvalue weighted by Gasteiger charge is 2.39. The minimum Gasteiger partial charge on any atom is -0.502 e. The number of nitrogens with one attached hydrogen (secondary N) is 1. The molecule has 0 bridgehead atoms. The van der Waals surface area contributed by atoms with Gasteiger partial charge in [0.1, 0.15) is 19.3 Å². The van der Waals surface area contributed by atoms with Crippen molar-refractivity contribution in [2.75, 3.05) is 13.7 Å². The third-order valence-corrected chi connectivity index (χ3v) is 5.72. The number of hydrogen-bond acceptors (Lipinski definition) is 12. The second-order valence-corrected chi connectivity index (χ2v) is 8.30. The summed E-state index contributed by atoms with van der Waals surface area (Å²) in [6.45, 7) is -0.573. The maximum absolute atomic E-state index is 12.4. The maximum Gasteiger partial charge on any atom is 0.545 e. The Labute approximate surface area is 203 Å². The van der Waals surface area contributed by atoms with E-state index in [1.807, 2.05) is 0 Å². The van der Waals surface area contributed by atoms with Gasteiger partial charge in [-0.1, -0.05) is 30.3 Å². The van der Waals surface area contributed by atoms with Gasteiger partial charge in [0.2, 0.25) is 5.75 Å². The van der Waals surface area contributed by atoms with Gasteiger partial charge in [0.15, 0.2) is 0 Å². The summed E-state index contributed by atoms with van der Waals surface area (Å²) in [5.41, 5.74) is -1.98. The van der Waals surface area contributed by atoms with Crippen LogP contribution in [0.25, 0.3) is 0 Å². The van der Waals surface area contributed by atoms with Crippen LogP contribution >= 0.6 is 8.03 Å². The number of amides is 1. The first kappa shape index (κ1) is 28.0. The molecule has 3 N–H and O–H groups in total. The number of non-ortho nitro benzene ring substituents is 1. The zero-order valence-electron chi connectivity index (χ0n) is 18.6. The molecule has 192 valence electrons. The molecule has 0 saturated heterocycles. The Morgan fingerprint density at radius 2 is 1.81 bits per heavy atom. The van der Waals surface area contributed by atoms with Crippen LogP contribution in [0.2, 0.25) is 0 Å². The summed E-state index contributed by atoms with van der Waals surface area (Å²) in [7, 11) is -2.04. The first-order valence-corrected chi connectivity index (χ1v) is 11.3. The fourth-order valence-corrected chi connectivity index (χ4v) is 3.66. The summed E-state index contributed by atoms with van der Waals surface area (Å²) in [5.74, 6) is -4.18. The quantitative estimate of drug-likeness (QED) is 0.157. The number of esters is 1. The van der Waals surface area contributed by atoms with Gasteiger partial charge in [-0.15, -0.1) is 4.52 Å². The molecule has 0 spiro atoms. The lowest BCUT2D eigenvalue weighted by atomic mass is 10.1. The van der Waals surface area contributed by atoms with Gasteiger partial charge in [-0.05, 0) is 10.1 Å². The highest BCUT2D eigenvalue weighted by Crippen LogP contribution is 2.47. The van der Waals surface area contributed by atoms with E-state index in [-0.39, 0.29) is 13.0 Å². The highest BCUT2D eigenvalue weighted by atomic mass is 31.1. The van der Waals surface area contributed by atoms with Gasteiger partial charge in [-0.25, -0.2) is 9.59 Å². The van der Waals surface area contributed by atoms with E-state index in [1.165, 1.54) is 0 Å². The summed E-state index contributed by atoms with van der Waals surface area (Å²) in [5, 5.41) is 44.6. The Bertz CT molecular complexity index is 1140. The van der Waals surface area contributed by atoms with Crippen LogP contribution in [0.1, 0.15) is 23.4 Å². The first-order chi connectivity index (χ1) is 17.0. The maximum atomic E-state index is 12.4. The number of nitrogens with zero attached hydrogens (tertiary/aromatic N) is 2. The average molecular weight is 526 g/mol. The molecule has 2 aromatic rings. The monoisotopic (exact) mass is 526 g/mol. The summed E-state index contributed by atoms with van der Waals surface area (Å²) >= 11 is 0. The predicted octanol–water partition coefficient (Wildman–Crippen LogP) is 2.82. The summed E-state index contributed by atoms with van der Waals surface area (Å²) < 4.78 is 26.9. The van der Waals surface area contributed by atoms with Crippen LogP contribution in [0.3, 0.4) is 0 Å². The Balaban J connectivity index is 2.01. The normalized spacial score (nSPS) is 12.7. The summed E-state index contributed by atoms with van der Waals surface area (Å²) in [6.07, 6.45) is -1.24. The molecule has 3 atom stereocenters. The zero-order valence-corrected chi connectivity index (χ0v) is 19.5. The third kappa shape index (κ3) is 7.66. The third-order valence-electron chi connectivity index (χ3n) is 4.61. The van der Waals surface area contributed by atoms with E-state index >= 15 is 0 Å². The van der Waals surface area contributed by atoms with Crippen molar-refractivity contribution in [1.29, 1.82) is 0 Å². The van der Waals surface area contributed by atoms with Crippen LogP contribution < -0.4 is 5.32 Å². The van der Waals surface area contributed by atoms with E-state index in [2.05, 4.69) is 10.1 Å². The molecule has 0 heterocycles. The smallest absolute Gasteiger partial charge is 0.502 e. The van der Waals surface area contributed by atoms with Crippen molar-refractivity contribution < 1.29 is 48.2 Å². The van der Waals surface area contributed by atoms with Crippen LogP contribution in [0.5, 0.6) is 5.75 Å². The van der Waals surface area contributed by atoms with Crippen molar-refractivity contribution in [2.24, 2.45) is 0 Å². The van der Waals surface area contributed by atoms with Crippen molar-refractivity contribution in [3.05, 3.63) is 73.8 Å². The lowest BCUT2D eigenvalue weighted by Gasteiger charge is -2.15. The minimum atomic E-state index is -3.10. The molecule has 0 aliphatic rings. The Morgan fingerprint density at radius 1 is 1.14 bits per heavy atom. The van der Waals surface area contributed by atoms with Gasteiger partial charge in [-0.3, -0.25) is 20.2 Å². The van der Waals surface area contributed by atoms with E-state index in [0.717, 1.165) is 7.11 Å². The van der Waals surface area contributed by atoms with Crippen molar-refractivity contribution in [3.63, 3.8) is 0 Å². The Hall–Kier alpha value is -4.20. The van der Waals surface area contributed by atoms with E-state index in [1.54, 1.807) is 30.3 Å². The first-order valence-electron chi connectivity index (χ1n) is 10.0. The number of phenols is 1. The number of carbonyl (C=O) groups excluding carboxylic acids is 2. The molecule has 16 heteroatoms. The topological polar surface area (TPSA) is 218 Å². The van der Waals surface area contributed by atoms with Crippen molar-refractivity contribution in [3.8, 4) is 5.75 Å². The number of alkyl carbamates (subject to hydrolysis) is 1. The second-order valence-electron chi connectivity index (χ2n) is 6.98. The van der Waals surface area contributed by atoms with E-state index in [9.17, 15) is 44.6 Å². The van der Waals surface area contributed by atoms with E-state index in [0.29, 0.717) is 17.7 Å². The van der Waals surface area contributed by atoms with Gasteiger partial charge >= 0.3 is 31.6 Å². The molecule has 1 amide bonds. The van der Waals surface area contributed by atoms with E-state index in [4.69, 9.17) is 9.26 Å². The molecule has 2 rings (SSSR count). The van der Waals surface area contributed by atoms with Crippen LogP contribution in [0.4, 0.5) is 16.2 Å². The van der Waals surface area contributed by atoms with Gasteiger partial charge in [0, 0.05) is 12.5 Å². The number of nitro benzene ring substituents is 2. The molecule has 0 radical (unpaired) electrons. The number of benzene rings is 2. The molecule has 15 nitrogen and oxygen atoms in total. The van der Waals surface area contributed by atoms with Gasteiger partial charge in [0.05, 0.1) is 28.6 Å². The molecule has 0 aromatic heterocycles. The molecular formula is C20H21N3O12P+. The van der Waals surface area contributed by atoms with Crippen LogP contribution in [-0.2, 0) is 30.0 Å². The molecule has 0 fully saturated rings. The second kappa shape index (κ2) is 13.0. The minimum absolute atomic E-state index is 0.0754. The Kier molecular flexibility index (Phi) is 10.2. The summed E-state index contributed by atoms with van der Waals surface area (Å²) in [6, 6.07) is 8.50. The van der Waals surface area contributed by atoms with Gasteiger partial charge in [0.25, 0.3) is 5.69 Å². The number of nitro groups is 2. The number of carbonyl (C=O) groups is 2. The standard InChI is InChI=1S/C20H20N3O12P/c1-33-18(25)15(21-20(27)34-11-12-5-3-2-4-6-12)7-8-35-36(32)19(26)14-9-13(22(28)29)10-16(17(14)24)23(30)31/h2-6,9-10,15,19,26H,7-8,11H2,1H3,(H-,21,24,27)/p+1/t15-,19?/m0/s1. The lowest BCUT2D eigenvalue weighted by Crippen LogP contribution is -2.42. The fraction of sp³-hybridized carbons (Fsp3) is 0.300. The van der Waals surface area contributed by atoms with Gasteiger partial charge < -0.3 is 25.0 Å². The van der Waals surface area contributed by atoms with Crippen LogP contribution in [0.15, 0.2) is 42.5 Å². The molecule has 0 saturated carbocycles. The number of phenolic OH excluding ortho intramolecular Hbond substituents is 1. The van der Waals surface area contributed by atoms with Gasteiger partial charge in [-0.2, -0.15) is 0 Å². The van der Waals surface area contributed by atoms with Crippen molar-refractivity contribution >= 4 is 31.5 Å². The van der Waals surface area contributed by atoms with Crippen LogP contribution in [0, 0.1) is 20.2 Å². The molecular weight excluding hydrogens is 505 g/mol.